The van der Waals surface area contributed by atoms with Gasteiger partial charge in [0.05, 0.1) is 28.8 Å². The predicted octanol–water partition coefficient (Wildman–Crippen LogP) is 3.89. The Labute approximate surface area is 209 Å². The van der Waals surface area contributed by atoms with E-state index in [0.717, 1.165) is 54.8 Å². The van der Waals surface area contributed by atoms with Gasteiger partial charge in [0.1, 0.15) is 0 Å². The first kappa shape index (κ1) is 23.6. The standard InChI is InChI=1S/C27H29N7O2/c1-17(12-22(14-28-2)31-26(35)18-4-5-18)19-6-9-24-23(13-19)25(33-32-24)27(36)30-20-7-8-21(29-15-20)16-34-10-3-11-34/h6-9,12-15,18H,2-5,10-11,16H2,1H3,(H,30,36)(H,31,35)(H,32,33)/b17-12+,22-14+. The van der Waals surface area contributed by atoms with Crippen LogP contribution in [0.1, 0.15) is 47.9 Å². The van der Waals surface area contributed by atoms with Crippen LogP contribution in [0.5, 0.6) is 0 Å². The monoisotopic (exact) mass is 483 g/mol. The summed E-state index contributed by atoms with van der Waals surface area (Å²) in [5.41, 5.74) is 5.03. The summed E-state index contributed by atoms with van der Waals surface area (Å²) in [4.78, 5) is 35.8. The number of rotatable bonds is 9. The van der Waals surface area contributed by atoms with Crippen LogP contribution in [0.3, 0.4) is 0 Å². The number of nitrogens with one attached hydrogen (secondary N) is 3. The number of aromatic nitrogens is 3. The average Bonchev–Trinajstić information content (AvgIpc) is 3.61. The summed E-state index contributed by atoms with van der Waals surface area (Å²) < 4.78 is 0. The molecule has 0 radical (unpaired) electrons. The molecule has 1 saturated heterocycles. The number of aromatic amines is 1. The second-order valence-corrected chi connectivity index (χ2v) is 9.31. The minimum atomic E-state index is -0.314. The molecule has 9 heteroatoms. The molecule has 2 aromatic heterocycles. The van der Waals surface area contributed by atoms with E-state index >= 15 is 0 Å². The van der Waals surface area contributed by atoms with Gasteiger partial charge in [-0.1, -0.05) is 6.07 Å². The van der Waals surface area contributed by atoms with Crippen molar-refractivity contribution < 1.29 is 9.59 Å². The van der Waals surface area contributed by atoms with Crippen LogP contribution >= 0.6 is 0 Å². The zero-order chi connectivity index (χ0) is 25.1. The molecule has 0 bridgehead atoms. The number of fused-ring (bicyclic) bond motifs is 1. The minimum Gasteiger partial charge on any atom is -0.324 e. The Balaban J connectivity index is 1.32. The number of hydrogen-bond acceptors (Lipinski definition) is 6. The van der Waals surface area contributed by atoms with E-state index in [-0.39, 0.29) is 17.7 Å². The van der Waals surface area contributed by atoms with Crippen LogP contribution in [-0.2, 0) is 11.3 Å². The van der Waals surface area contributed by atoms with Crippen LogP contribution in [0.15, 0.2) is 59.5 Å². The second-order valence-electron chi connectivity index (χ2n) is 9.31. The molecule has 0 unspecified atom stereocenters. The quantitative estimate of drug-likeness (QED) is 0.316. The van der Waals surface area contributed by atoms with Gasteiger partial charge in [-0.3, -0.25) is 29.6 Å². The highest BCUT2D eigenvalue weighted by Gasteiger charge is 2.29. The summed E-state index contributed by atoms with van der Waals surface area (Å²) in [6, 6.07) is 9.54. The number of anilines is 1. The molecule has 1 aromatic carbocycles. The highest BCUT2D eigenvalue weighted by Crippen LogP contribution is 2.29. The van der Waals surface area contributed by atoms with Crippen molar-refractivity contribution in [3.05, 3.63) is 71.5 Å². The second kappa shape index (κ2) is 10.2. The molecular weight excluding hydrogens is 454 g/mol. The Morgan fingerprint density at radius 1 is 1.25 bits per heavy atom. The van der Waals surface area contributed by atoms with E-state index in [1.54, 1.807) is 6.20 Å². The fourth-order valence-electron chi connectivity index (χ4n) is 4.09. The number of hydrogen-bond donors (Lipinski definition) is 3. The SMILES string of the molecule is C=N/C=C(\C=C(/C)c1ccc2[nH]nc(C(=O)Nc3ccc(CN4CCC4)nc3)c2c1)NC(=O)C1CC1. The molecule has 2 amide bonds. The van der Waals surface area contributed by atoms with E-state index in [9.17, 15) is 9.59 Å². The fraction of sp³-hybridized carbons (Fsp3) is 0.296. The first-order valence-electron chi connectivity index (χ1n) is 12.1. The van der Waals surface area contributed by atoms with E-state index in [0.29, 0.717) is 22.5 Å². The third-order valence-electron chi connectivity index (χ3n) is 6.47. The van der Waals surface area contributed by atoms with Crippen molar-refractivity contribution in [1.82, 2.24) is 25.4 Å². The third-order valence-corrected chi connectivity index (χ3v) is 6.47. The van der Waals surface area contributed by atoms with Crippen LogP contribution in [0.25, 0.3) is 16.5 Å². The normalized spacial score (nSPS) is 16.5. The Kier molecular flexibility index (Phi) is 6.73. The zero-order valence-electron chi connectivity index (χ0n) is 20.3. The largest absolute Gasteiger partial charge is 0.324 e. The molecule has 0 spiro atoms. The smallest absolute Gasteiger partial charge is 0.276 e. The van der Waals surface area contributed by atoms with Crippen LogP contribution in [-0.4, -0.2) is 51.7 Å². The van der Waals surface area contributed by atoms with E-state index in [1.807, 2.05) is 43.3 Å². The lowest BCUT2D eigenvalue weighted by Gasteiger charge is -2.30. The average molecular weight is 484 g/mol. The summed E-state index contributed by atoms with van der Waals surface area (Å²) in [6.07, 6.45) is 8.14. The molecular formula is C27H29N7O2. The molecule has 1 aliphatic heterocycles. The van der Waals surface area contributed by atoms with Crippen molar-refractivity contribution in [2.45, 2.75) is 32.7 Å². The number of allylic oxidation sites excluding steroid dienone is 2. The maximum Gasteiger partial charge on any atom is 0.276 e. The van der Waals surface area contributed by atoms with E-state index in [2.05, 4.69) is 42.4 Å². The summed E-state index contributed by atoms with van der Waals surface area (Å²) >= 11 is 0. The van der Waals surface area contributed by atoms with Gasteiger partial charge in [-0.25, -0.2) is 0 Å². The highest BCUT2D eigenvalue weighted by molar-refractivity contribution is 6.11. The van der Waals surface area contributed by atoms with E-state index in [1.165, 1.54) is 12.6 Å². The number of nitrogens with zero attached hydrogens (tertiary/aromatic N) is 4. The fourth-order valence-corrected chi connectivity index (χ4v) is 4.09. The molecule has 36 heavy (non-hydrogen) atoms. The molecule has 5 rings (SSSR count). The Bertz CT molecular complexity index is 1360. The molecule has 2 fully saturated rings. The molecule has 2 aliphatic rings. The van der Waals surface area contributed by atoms with Gasteiger partial charge in [-0.2, -0.15) is 5.10 Å². The lowest BCUT2D eigenvalue weighted by atomic mass is 10.0. The maximum atomic E-state index is 13.0. The number of carbonyl (C=O) groups excluding carboxylic acids is 2. The number of benzene rings is 1. The molecule has 3 N–H and O–H groups in total. The number of carbonyl (C=O) groups is 2. The van der Waals surface area contributed by atoms with Gasteiger partial charge in [0.2, 0.25) is 5.91 Å². The predicted molar refractivity (Wildman–Crippen MR) is 140 cm³/mol. The molecule has 1 saturated carbocycles. The molecule has 184 valence electrons. The van der Waals surface area contributed by atoms with Gasteiger partial charge >= 0.3 is 0 Å². The van der Waals surface area contributed by atoms with Gasteiger partial charge in [0, 0.05) is 24.0 Å². The van der Waals surface area contributed by atoms with Gasteiger partial charge < -0.3 is 10.6 Å². The summed E-state index contributed by atoms with van der Waals surface area (Å²) in [7, 11) is 0. The number of likely N-dealkylation sites (tertiary alicyclic amines) is 1. The van der Waals surface area contributed by atoms with Crippen LogP contribution < -0.4 is 10.6 Å². The van der Waals surface area contributed by atoms with E-state index in [4.69, 9.17) is 0 Å². The molecule has 3 heterocycles. The zero-order valence-corrected chi connectivity index (χ0v) is 20.3. The Hall–Kier alpha value is -4.11. The molecule has 0 atom stereocenters. The lowest BCUT2D eigenvalue weighted by Crippen LogP contribution is -2.36. The minimum absolute atomic E-state index is 0.00117. The van der Waals surface area contributed by atoms with E-state index < -0.39 is 0 Å². The number of aliphatic imine (C=N–C) groups is 1. The van der Waals surface area contributed by atoms with Crippen LogP contribution in [0.4, 0.5) is 5.69 Å². The molecule has 1 aliphatic carbocycles. The van der Waals surface area contributed by atoms with Crippen molar-refractivity contribution in [3.8, 4) is 0 Å². The van der Waals surface area contributed by atoms with Crippen molar-refractivity contribution in [2.24, 2.45) is 10.9 Å². The van der Waals surface area contributed by atoms with Crippen molar-refractivity contribution in [3.63, 3.8) is 0 Å². The van der Waals surface area contributed by atoms with Crippen molar-refractivity contribution in [1.29, 1.82) is 0 Å². The molecule has 3 aromatic rings. The van der Waals surface area contributed by atoms with Crippen LogP contribution in [0, 0.1) is 5.92 Å². The highest BCUT2D eigenvalue weighted by atomic mass is 16.2. The Morgan fingerprint density at radius 2 is 2.08 bits per heavy atom. The summed E-state index contributed by atoms with van der Waals surface area (Å²) in [5.74, 6) is -0.228. The number of amides is 2. The van der Waals surface area contributed by atoms with Gasteiger partial charge in [0.25, 0.3) is 5.91 Å². The topological polar surface area (TPSA) is 115 Å². The first-order valence-corrected chi connectivity index (χ1v) is 12.1. The first-order chi connectivity index (χ1) is 17.5. The Morgan fingerprint density at radius 3 is 2.75 bits per heavy atom. The number of H-pyrrole nitrogens is 1. The van der Waals surface area contributed by atoms with Gasteiger partial charge in [-0.15, -0.1) is 0 Å². The van der Waals surface area contributed by atoms with Crippen molar-refractivity contribution >= 4 is 40.7 Å². The van der Waals surface area contributed by atoms with Crippen LogP contribution in [0.2, 0.25) is 0 Å². The third kappa shape index (κ3) is 5.41. The lowest BCUT2D eigenvalue weighted by molar-refractivity contribution is -0.121. The van der Waals surface area contributed by atoms with Crippen molar-refractivity contribution in [2.75, 3.05) is 18.4 Å². The maximum absolute atomic E-state index is 13.0. The number of pyridine rings is 1. The van der Waals surface area contributed by atoms with Gasteiger partial charge in [0.15, 0.2) is 5.69 Å². The molecule has 9 nitrogen and oxygen atoms in total. The summed E-state index contributed by atoms with van der Waals surface area (Å²) in [5, 5.41) is 13.7. The summed E-state index contributed by atoms with van der Waals surface area (Å²) in [6.45, 7) is 8.50. The van der Waals surface area contributed by atoms with Gasteiger partial charge in [-0.05, 0) is 87.5 Å².